The zero-order valence-electron chi connectivity index (χ0n) is 9.83. The topological polar surface area (TPSA) is 61.4 Å². The van der Waals surface area contributed by atoms with Crippen molar-refractivity contribution in [3.05, 3.63) is 29.3 Å². The Balaban J connectivity index is 2.12. The van der Waals surface area contributed by atoms with E-state index in [1.807, 2.05) is 18.2 Å². The number of carbonyl (C=O) groups is 1. The van der Waals surface area contributed by atoms with Gasteiger partial charge in [-0.1, -0.05) is 6.07 Å². The van der Waals surface area contributed by atoms with Crippen LogP contribution in [0, 0.1) is 0 Å². The average Bonchev–Trinajstić information content (AvgIpc) is 2.38. The minimum Gasteiger partial charge on any atom is -0.396 e. The highest BCUT2D eigenvalue weighted by atomic mass is 16.3. The number of fused-ring (bicyclic) bond motifs is 1. The summed E-state index contributed by atoms with van der Waals surface area (Å²) in [4.78, 5) is 12.0. The molecule has 0 radical (unpaired) electrons. The van der Waals surface area contributed by atoms with Crippen LogP contribution in [-0.4, -0.2) is 30.7 Å². The molecule has 1 aromatic carbocycles. The summed E-state index contributed by atoms with van der Waals surface area (Å²) in [6, 6.07) is 5.78. The summed E-state index contributed by atoms with van der Waals surface area (Å²) in [6.07, 6.45) is 2.61. The van der Waals surface area contributed by atoms with Crippen LogP contribution in [0.25, 0.3) is 0 Å². The smallest absolute Gasteiger partial charge is 0.251 e. The molecule has 1 aliphatic heterocycles. The summed E-state index contributed by atoms with van der Waals surface area (Å²) < 4.78 is 0. The van der Waals surface area contributed by atoms with Crippen molar-refractivity contribution >= 4 is 11.6 Å². The number of hydrogen-bond donors (Lipinski definition) is 3. The van der Waals surface area contributed by atoms with Crippen LogP contribution in [-0.2, 0) is 6.42 Å². The molecule has 0 atom stereocenters. The molecule has 92 valence electrons. The van der Waals surface area contributed by atoms with E-state index in [2.05, 4.69) is 10.6 Å². The molecular weight excluding hydrogens is 216 g/mol. The molecular formula is C13H18N2O2. The van der Waals surface area contributed by atoms with E-state index in [0.717, 1.165) is 36.2 Å². The van der Waals surface area contributed by atoms with Crippen LogP contribution in [0.2, 0.25) is 0 Å². The van der Waals surface area contributed by atoms with Gasteiger partial charge < -0.3 is 15.7 Å². The zero-order chi connectivity index (χ0) is 12.1. The Labute approximate surface area is 101 Å². The van der Waals surface area contributed by atoms with Gasteiger partial charge in [0.1, 0.15) is 0 Å². The fourth-order valence-corrected chi connectivity index (χ4v) is 2.10. The number of anilines is 1. The van der Waals surface area contributed by atoms with Crippen LogP contribution in [0.15, 0.2) is 18.2 Å². The fourth-order valence-electron chi connectivity index (χ4n) is 2.10. The molecule has 0 saturated heterocycles. The third-order valence-electron chi connectivity index (χ3n) is 2.96. The van der Waals surface area contributed by atoms with E-state index in [-0.39, 0.29) is 12.5 Å². The van der Waals surface area contributed by atoms with E-state index >= 15 is 0 Å². The van der Waals surface area contributed by atoms with Crippen molar-refractivity contribution in [2.75, 3.05) is 25.0 Å². The first-order valence-electron chi connectivity index (χ1n) is 6.08. The largest absolute Gasteiger partial charge is 0.396 e. The highest BCUT2D eigenvalue weighted by Gasteiger charge is 2.16. The maximum Gasteiger partial charge on any atom is 0.251 e. The second-order valence-electron chi connectivity index (χ2n) is 4.20. The maximum absolute atomic E-state index is 12.0. The van der Waals surface area contributed by atoms with Gasteiger partial charge in [-0.15, -0.1) is 0 Å². The lowest BCUT2D eigenvalue weighted by molar-refractivity contribution is 0.0950. The first-order valence-corrected chi connectivity index (χ1v) is 6.08. The van der Waals surface area contributed by atoms with E-state index in [9.17, 15) is 4.79 Å². The van der Waals surface area contributed by atoms with Gasteiger partial charge in [-0.05, 0) is 37.0 Å². The van der Waals surface area contributed by atoms with Gasteiger partial charge in [0.05, 0.1) is 0 Å². The van der Waals surface area contributed by atoms with Gasteiger partial charge in [0.25, 0.3) is 5.91 Å². The lowest BCUT2D eigenvalue weighted by atomic mass is 9.97. The molecule has 1 aromatic rings. The second-order valence-corrected chi connectivity index (χ2v) is 4.20. The predicted octanol–water partition coefficient (Wildman–Crippen LogP) is 1.16. The normalized spacial score (nSPS) is 13.7. The molecule has 0 unspecified atom stereocenters. The van der Waals surface area contributed by atoms with Gasteiger partial charge in [-0.3, -0.25) is 4.79 Å². The van der Waals surface area contributed by atoms with Gasteiger partial charge >= 0.3 is 0 Å². The molecule has 1 amide bonds. The Bertz CT molecular complexity index is 404. The zero-order valence-corrected chi connectivity index (χ0v) is 9.83. The number of aliphatic hydroxyl groups is 1. The molecule has 4 heteroatoms. The molecule has 0 spiro atoms. The standard InChI is InChI=1S/C13H18N2O2/c16-9-3-8-15-13(17)11-4-1-6-12-10(11)5-2-7-14-12/h1,4,6,14,16H,2-3,5,7-9H2,(H,15,17). The Morgan fingerprint density at radius 1 is 1.47 bits per heavy atom. The summed E-state index contributed by atoms with van der Waals surface area (Å²) >= 11 is 0. The molecule has 0 saturated carbocycles. The lowest BCUT2D eigenvalue weighted by Gasteiger charge is -2.20. The van der Waals surface area contributed by atoms with E-state index in [1.165, 1.54) is 0 Å². The second kappa shape index (κ2) is 5.68. The molecule has 1 aliphatic rings. The highest BCUT2D eigenvalue weighted by Crippen LogP contribution is 2.25. The Morgan fingerprint density at radius 2 is 2.35 bits per heavy atom. The van der Waals surface area contributed by atoms with E-state index in [1.54, 1.807) is 0 Å². The number of amides is 1. The van der Waals surface area contributed by atoms with Gasteiger partial charge in [0.2, 0.25) is 0 Å². The van der Waals surface area contributed by atoms with Crippen molar-refractivity contribution in [3.63, 3.8) is 0 Å². The number of carbonyl (C=O) groups excluding carboxylic acids is 1. The van der Waals surface area contributed by atoms with Gasteiger partial charge in [-0.2, -0.15) is 0 Å². The molecule has 1 heterocycles. The van der Waals surface area contributed by atoms with Crippen LogP contribution in [0.5, 0.6) is 0 Å². The van der Waals surface area contributed by atoms with E-state index in [0.29, 0.717) is 13.0 Å². The first-order chi connectivity index (χ1) is 8.33. The summed E-state index contributed by atoms with van der Waals surface area (Å²) in [7, 11) is 0. The van der Waals surface area contributed by atoms with Crippen molar-refractivity contribution in [3.8, 4) is 0 Å². The van der Waals surface area contributed by atoms with Crippen molar-refractivity contribution in [2.24, 2.45) is 0 Å². The van der Waals surface area contributed by atoms with Gasteiger partial charge in [-0.25, -0.2) is 0 Å². The Morgan fingerprint density at radius 3 is 3.18 bits per heavy atom. The first kappa shape index (κ1) is 11.9. The molecule has 3 N–H and O–H groups in total. The molecule has 0 bridgehead atoms. The summed E-state index contributed by atoms with van der Waals surface area (Å²) in [5, 5.41) is 14.8. The molecule has 0 fully saturated rings. The molecule has 4 nitrogen and oxygen atoms in total. The third-order valence-corrected chi connectivity index (χ3v) is 2.96. The molecule has 2 rings (SSSR count). The molecule has 0 aliphatic carbocycles. The Kier molecular flexibility index (Phi) is 3.98. The monoisotopic (exact) mass is 234 g/mol. The number of rotatable bonds is 4. The lowest BCUT2D eigenvalue weighted by Crippen LogP contribution is -2.27. The van der Waals surface area contributed by atoms with Crippen LogP contribution in [0.1, 0.15) is 28.8 Å². The maximum atomic E-state index is 12.0. The minimum atomic E-state index is -0.0426. The minimum absolute atomic E-state index is 0.0426. The van der Waals surface area contributed by atoms with Crippen LogP contribution < -0.4 is 10.6 Å². The highest BCUT2D eigenvalue weighted by molar-refractivity contribution is 5.97. The number of nitrogens with one attached hydrogen (secondary N) is 2. The van der Waals surface area contributed by atoms with Crippen molar-refractivity contribution < 1.29 is 9.90 Å². The van der Waals surface area contributed by atoms with Crippen LogP contribution in [0.4, 0.5) is 5.69 Å². The van der Waals surface area contributed by atoms with Crippen molar-refractivity contribution in [2.45, 2.75) is 19.3 Å². The summed E-state index contributed by atoms with van der Waals surface area (Å²) in [5.41, 5.74) is 2.94. The van der Waals surface area contributed by atoms with E-state index in [4.69, 9.17) is 5.11 Å². The quantitative estimate of drug-likeness (QED) is 0.685. The SMILES string of the molecule is O=C(NCCCO)c1cccc2c1CCCN2. The summed E-state index contributed by atoms with van der Waals surface area (Å²) in [6.45, 7) is 1.60. The summed E-state index contributed by atoms with van der Waals surface area (Å²) in [5.74, 6) is -0.0426. The number of aliphatic hydroxyl groups excluding tert-OH is 1. The van der Waals surface area contributed by atoms with Gasteiger partial charge in [0, 0.05) is 30.9 Å². The van der Waals surface area contributed by atoms with Crippen LogP contribution >= 0.6 is 0 Å². The fraction of sp³-hybridized carbons (Fsp3) is 0.462. The predicted molar refractivity (Wildman–Crippen MR) is 67.3 cm³/mol. The van der Waals surface area contributed by atoms with Crippen LogP contribution in [0.3, 0.4) is 0 Å². The Hall–Kier alpha value is -1.55. The van der Waals surface area contributed by atoms with E-state index < -0.39 is 0 Å². The number of benzene rings is 1. The molecule has 0 aromatic heterocycles. The third kappa shape index (κ3) is 2.77. The van der Waals surface area contributed by atoms with Crippen molar-refractivity contribution in [1.29, 1.82) is 0 Å². The van der Waals surface area contributed by atoms with Crippen molar-refractivity contribution in [1.82, 2.24) is 5.32 Å². The average molecular weight is 234 g/mol. The number of hydrogen-bond acceptors (Lipinski definition) is 3. The van der Waals surface area contributed by atoms with Gasteiger partial charge in [0.15, 0.2) is 0 Å². The molecule has 17 heavy (non-hydrogen) atoms.